The van der Waals surface area contributed by atoms with Gasteiger partial charge in [0.15, 0.2) is 0 Å². The molecule has 0 saturated heterocycles. The predicted octanol–water partition coefficient (Wildman–Crippen LogP) is 5.96. The Kier molecular flexibility index (Phi) is 6.74. The molecule has 3 aromatic rings. The minimum atomic E-state index is -1.44. The molecule has 0 saturated carbocycles. The highest BCUT2D eigenvalue weighted by atomic mass is 16.6. The van der Waals surface area contributed by atoms with Crippen molar-refractivity contribution in [2.75, 3.05) is 13.2 Å². The molecule has 9 heteroatoms. The Morgan fingerprint density at radius 1 is 1.38 bits per heavy atom. The fourth-order valence-electron chi connectivity index (χ4n) is 4.24. The summed E-state index contributed by atoms with van der Waals surface area (Å²) >= 11 is 0. The fourth-order valence-corrected chi connectivity index (χ4v) is 4.24. The maximum atomic E-state index is 13.0. The second kappa shape index (κ2) is 10.6. The van der Waals surface area contributed by atoms with Gasteiger partial charge in [-0.2, -0.15) is 4.98 Å². The van der Waals surface area contributed by atoms with Gasteiger partial charge in [0.25, 0.3) is 5.89 Å². The standard InChI is InChI=1S/C28H32N4O5/c1-17(2)35-24-13-10-18(16-22(24)29-6)26-30-25(31-37-26)21-9-7-8-20-19(21)11-12-23(20)32(14-15-33)27(34)36-28(3,4)5/h7-10,13,16-17,23,33H,11-12,14-15H2,1-5H3/t23-/m0/s1/i17D,23D. The molecule has 0 spiro atoms. The third-order valence-corrected chi connectivity index (χ3v) is 5.67. The lowest BCUT2D eigenvalue weighted by Gasteiger charge is -2.31. The Balaban J connectivity index is 1.68. The molecular weight excluding hydrogens is 472 g/mol. The van der Waals surface area contributed by atoms with Crippen molar-refractivity contribution in [2.24, 2.45) is 0 Å². The largest absolute Gasteiger partial charge is 0.502 e. The molecule has 1 atom stereocenters. The van der Waals surface area contributed by atoms with E-state index in [2.05, 4.69) is 15.0 Å². The molecule has 37 heavy (non-hydrogen) atoms. The summed E-state index contributed by atoms with van der Waals surface area (Å²) in [5.41, 5.74) is 2.09. The first-order valence-corrected chi connectivity index (χ1v) is 12.0. The number of benzene rings is 2. The van der Waals surface area contributed by atoms with Gasteiger partial charge in [0, 0.05) is 17.7 Å². The topological polar surface area (TPSA) is 102 Å². The van der Waals surface area contributed by atoms with Crippen LogP contribution in [0.3, 0.4) is 0 Å². The second-order valence-corrected chi connectivity index (χ2v) is 9.86. The summed E-state index contributed by atoms with van der Waals surface area (Å²) in [5, 5.41) is 13.8. The molecule has 1 amide bonds. The molecule has 1 N–H and O–H groups in total. The van der Waals surface area contributed by atoms with Gasteiger partial charge in [-0.1, -0.05) is 23.4 Å². The van der Waals surface area contributed by atoms with Gasteiger partial charge in [0.1, 0.15) is 11.4 Å². The lowest BCUT2D eigenvalue weighted by molar-refractivity contribution is 0.0120. The Hall–Kier alpha value is -3.90. The van der Waals surface area contributed by atoms with Crippen molar-refractivity contribution in [1.29, 1.82) is 0 Å². The minimum absolute atomic E-state index is 0.0467. The molecule has 0 aliphatic heterocycles. The Bertz CT molecular complexity index is 1420. The third kappa shape index (κ3) is 5.75. The van der Waals surface area contributed by atoms with Crippen molar-refractivity contribution >= 4 is 11.8 Å². The van der Waals surface area contributed by atoms with Crippen LogP contribution >= 0.6 is 0 Å². The lowest BCUT2D eigenvalue weighted by atomic mass is 10.0. The number of ether oxygens (including phenoxy) is 2. The minimum Gasteiger partial charge on any atom is -0.502 e. The number of rotatable bonds is 7. The van der Waals surface area contributed by atoms with Crippen molar-refractivity contribution in [1.82, 2.24) is 15.0 Å². The molecule has 2 aromatic carbocycles. The van der Waals surface area contributed by atoms with E-state index in [1.807, 2.05) is 6.07 Å². The number of aromatic nitrogens is 2. The molecule has 194 valence electrons. The first kappa shape index (κ1) is 23.5. The van der Waals surface area contributed by atoms with E-state index >= 15 is 0 Å². The van der Waals surface area contributed by atoms with Gasteiger partial charge < -0.3 is 19.1 Å². The number of nitrogens with zero attached hydrogens (tertiary/aromatic N) is 4. The Morgan fingerprint density at radius 2 is 2.16 bits per heavy atom. The highest BCUT2D eigenvalue weighted by Gasteiger charge is 2.35. The molecular formula is C28H32N4O5. The van der Waals surface area contributed by atoms with Crippen LogP contribution < -0.4 is 4.74 Å². The van der Waals surface area contributed by atoms with E-state index in [4.69, 9.17) is 21.9 Å². The molecule has 1 aromatic heterocycles. The highest BCUT2D eigenvalue weighted by Crippen LogP contribution is 2.41. The highest BCUT2D eigenvalue weighted by molar-refractivity contribution is 5.72. The molecule has 1 aliphatic carbocycles. The quantitative estimate of drug-likeness (QED) is 0.395. The molecule has 9 nitrogen and oxygen atoms in total. The van der Waals surface area contributed by atoms with Gasteiger partial charge in [0.2, 0.25) is 11.5 Å². The number of hydrogen-bond acceptors (Lipinski definition) is 7. The van der Waals surface area contributed by atoms with Crippen molar-refractivity contribution in [3.63, 3.8) is 0 Å². The van der Waals surface area contributed by atoms with Gasteiger partial charge in [-0.15, -0.1) is 0 Å². The monoisotopic (exact) mass is 506 g/mol. The van der Waals surface area contributed by atoms with Crippen LogP contribution in [0.25, 0.3) is 27.7 Å². The first-order chi connectivity index (χ1) is 18.3. The average molecular weight is 507 g/mol. The van der Waals surface area contributed by atoms with Crippen LogP contribution in [0.4, 0.5) is 10.5 Å². The number of hydrogen-bond donors (Lipinski definition) is 1. The molecule has 4 rings (SSSR count). The van der Waals surface area contributed by atoms with Crippen LogP contribution in [-0.4, -0.2) is 51.1 Å². The van der Waals surface area contributed by atoms with E-state index in [1.54, 1.807) is 65.0 Å². The Morgan fingerprint density at radius 3 is 2.84 bits per heavy atom. The SMILES string of the molecule is [2H]C(C)(C)Oc1ccc(-c2nc(-c3cccc4c3CC[C@]4([2H])N(CCO)C(=O)OC(C)(C)C)no2)cc1[N+]#[C-]. The number of aliphatic hydroxyl groups excluding tert-OH is 1. The molecule has 0 unspecified atom stereocenters. The van der Waals surface area contributed by atoms with Crippen LogP contribution in [0.15, 0.2) is 40.9 Å². The van der Waals surface area contributed by atoms with E-state index < -0.39 is 23.8 Å². The smallest absolute Gasteiger partial charge is 0.410 e. The van der Waals surface area contributed by atoms with Crippen LogP contribution in [0.2, 0.25) is 0 Å². The zero-order valence-corrected chi connectivity index (χ0v) is 21.7. The summed E-state index contributed by atoms with van der Waals surface area (Å²) < 4.78 is 33.8. The van der Waals surface area contributed by atoms with E-state index in [0.29, 0.717) is 41.1 Å². The zero-order valence-electron chi connectivity index (χ0n) is 23.7. The van der Waals surface area contributed by atoms with Gasteiger partial charge in [0.05, 0.1) is 28.0 Å². The number of carbonyl (C=O) groups excluding carboxylic acids is 1. The van der Waals surface area contributed by atoms with Gasteiger partial charge in [-0.05, 0) is 76.8 Å². The average Bonchev–Trinajstić information content (AvgIpc) is 3.46. The Labute approximate surface area is 219 Å². The number of fused-ring (bicyclic) bond motifs is 1. The summed E-state index contributed by atoms with van der Waals surface area (Å²) in [5.74, 6) is 0.808. The summed E-state index contributed by atoms with van der Waals surface area (Å²) in [6.45, 7) is 15.6. The first-order valence-electron chi connectivity index (χ1n) is 13.0. The maximum absolute atomic E-state index is 13.0. The van der Waals surface area contributed by atoms with E-state index in [9.17, 15) is 11.3 Å². The third-order valence-electron chi connectivity index (χ3n) is 5.67. The van der Waals surface area contributed by atoms with Crippen LogP contribution in [0.1, 0.15) is 60.9 Å². The van der Waals surface area contributed by atoms with Gasteiger partial charge in [-0.3, -0.25) is 4.90 Å². The number of carbonyl (C=O) groups is 1. The van der Waals surface area contributed by atoms with Crippen LogP contribution in [-0.2, 0) is 11.2 Å². The molecule has 1 aliphatic rings. The van der Waals surface area contributed by atoms with Crippen molar-refractivity contribution < 1.29 is 26.6 Å². The second-order valence-electron chi connectivity index (χ2n) is 9.86. The lowest BCUT2D eigenvalue weighted by Crippen LogP contribution is -2.40. The fraction of sp³-hybridized carbons (Fsp3) is 0.429. The van der Waals surface area contributed by atoms with Crippen molar-refractivity contribution in [2.45, 2.75) is 65.2 Å². The number of amides is 1. The van der Waals surface area contributed by atoms with Gasteiger partial charge in [-0.25, -0.2) is 9.64 Å². The van der Waals surface area contributed by atoms with E-state index in [1.165, 1.54) is 4.90 Å². The molecule has 1 heterocycles. The summed E-state index contributed by atoms with van der Waals surface area (Å²) in [6, 6.07) is 8.83. The maximum Gasteiger partial charge on any atom is 0.410 e. The molecule has 0 radical (unpaired) electrons. The summed E-state index contributed by atoms with van der Waals surface area (Å²) in [4.78, 5) is 22.3. The van der Waals surface area contributed by atoms with Crippen LogP contribution in [0.5, 0.6) is 5.75 Å². The normalized spacial score (nSPS) is 17.9. The predicted molar refractivity (Wildman–Crippen MR) is 138 cm³/mol. The van der Waals surface area contributed by atoms with Crippen molar-refractivity contribution in [3.05, 3.63) is 58.9 Å². The van der Waals surface area contributed by atoms with E-state index in [0.717, 1.165) is 5.56 Å². The van der Waals surface area contributed by atoms with Gasteiger partial charge >= 0.3 is 6.09 Å². The summed E-state index contributed by atoms with van der Waals surface area (Å²) in [7, 11) is 0. The number of aliphatic hydroxyl groups is 1. The summed E-state index contributed by atoms with van der Waals surface area (Å²) in [6.07, 6.45) is -1.06. The van der Waals surface area contributed by atoms with Crippen molar-refractivity contribution in [3.8, 4) is 28.6 Å². The van der Waals surface area contributed by atoms with E-state index in [-0.39, 0.29) is 24.7 Å². The molecule has 0 bridgehead atoms. The van der Waals surface area contributed by atoms with Crippen LogP contribution in [0, 0.1) is 6.57 Å². The zero-order chi connectivity index (χ0) is 28.6. The molecule has 0 fully saturated rings.